The molecule has 1 fully saturated rings. The van der Waals surface area contributed by atoms with Gasteiger partial charge in [0.05, 0.1) is 5.54 Å². The molecule has 0 radical (unpaired) electrons. The summed E-state index contributed by atoms with van der Waals surface area (Å²) in [5, 5.41) is 2.98. The predicted molar refractivity (Wildman–Crippen MR) is 107 cm³/mol. The van der Waals surface area contributed by atoms with Crippen molar-refractivity contribution >= 4 is 11.6 Å². The van der Waals surface area contributed by atoms with Crippen LogP contribution in [0.25, 0.3) is 0 Å². The summed E-state index contributed by atoms with van der Waals surface area (Å²) in [5.41, 5.74) is 3.08. The predicted octanol–water partition coefficient (Wildman–Crippen LogP) is 3.52. The van der Waals surface area contributed by atoms with Gasteiger partial charge >= 0.3 is 0 Å². The molecule has 1 amide bonds. The maximum Gasteiger partial charge on any atom is 0.217 e. The van der Waals surface area contributed by atoms with Gasteiger partial charge in [-0.3, -0.25) is 9.69 Å². The molecule has 5 heteroatoms. The van der Waals surface area contributed by atoms with E-state index in [1.165, 1.54) is 17.7 Å². The van der Waals surface area contributed by atoms with Crippen LogP contribution < -0.4 is 10.2 Å². The van der Waals surface area contributed by atoms with E-state index in [4.69, 9.17) is 0 Å². The van der Waals surface area contributed by atoms with Gasteiger partial charge < -0.3 is 10.2 Å². The maximum absolute atomic E-state index is 13.1. The Labute approximate surface area is 161 Å². The average Bonchev–Trinajstić information content (AvgIpc) is 2.63. The highest BCUT2D eigenvalue weighted by molar-refractivity contribution is 5.74. The van der Waals surface area contributed by atoms with Gasteiger partial charge in [-0.2, -0.15) is 0 Å². The van der Waals surface area contributed by atoms with Crippen molar-refractivity contribution in [2.75, 3.05) is 31.1 Å². The normalized spacial score (nSPS) is 15.6. The van der Waals surface area contributed by atoms with Crippen LogP contribution >= 0.6 is 0 Å². The Morgan fingerprint density at radius 2 is 1.59 bits per heavy atom. The largest absolute Gasteiger partial charge is 0.369 e. The molecule has 1 aliphatic rings. The number of carbonyl (C=O) groups is 1. The summed E-state index contributed by atoms with van der Waals surface area (Å²) in [6.45, 7) is 10.3. The summed E-state index contributed by atoms with van der Waals surface area (Å²) in [5.74, 6) is -0.217. The second-order valence-electron chi connectivity index (χ2n) is 7.74. The van der Waals surface area contributed by atoms with Crippen molar-refractivity contribution in [2.45, 2.75) is 32.9 Å². The van der Waals surface area contributed by atoms with Crippen LogP contribution in [0.3, 0.4) is 0 Å². The number of halogens is 1. The van der Waals surface area contributed by atoms with E-state index in [-0.39, 0.29) is 17.3 Å². The van der Waals surface area contributed by atoms with Crippen molar-refractivity contribution in [1.29, 1.82) is 0 Å². The topological polar surface area (TPSA) is 35.6 Å². The van der Waals surface area contributed by atoms with Crippen LogP contribution in [0.5, 0.6) is 0 Å². The van der Waals surface area contributed by atoms with Gasteiger partial charge in [0, 0.05) is 45.3 Å². The van der Waals surface area contributed by atoms with E-state index < -0.39 is 0 Å². The van der Waals surface area contributed by atoms with E-state index in [0.29, 0.717) is 0 Å². The first-order valence-corrected chi connectivity index (χ1v) is 9.44. The molecule has 1 heterocycles. The summed E-state index contributed by atoms with van der Waals surface area (Å²) in [6, 6.07) is 15.2. The summed E-state index contributed by atoms with van der Waals surface area (Å²) < 4.78 is 13.1. The number of nitrogens with zero attached hydrogens (tertiary/aromatic N) is 2. The molecule has 2 aromatic rings. The highest BCUT2D eigenvalue weighted by Crippen LogP contribution is 2.22. The number of carbonyl (C=O) groups excluding carboxylic acids is 1. The molecule has 0 unspecified atom stereocenters. The van der Waals surface area contributed by atoms with Crippen molar-refractivity contribution < 1.29 is 9.18 Å². The Hall–Kier alpha value is -2.40. The van der Waals surface area contributed by atoms with E-state index in [2.05, 4.69) is 39.4 Å². The van der Waals surface area contributed by atoms with Gasteiger partial charge in [-0.25, -0.2) is 4.39 Å². The van der Waals surface area contributed by atoms with Gasteiger partial charge in [0.25, 0.3) is 0 Å². The van der Waals surface area contributed by atoms with Crippen molar-refractivity contribution in [3.8, 4) is 0 Å². The van der Waals surface area contributed by atoms with Gasteiger partial charge in [-0.1, -0.05) is 24.3 Å². The summed E-state index contributed by atoms with van der Waals surface area (Å²) in [7, 11) is 0. The summed E-state index contributed by atoms with van der Waals surface area (Å²) in [6.07, 6.45) is 0. The number of anilines is 1. The third kappa shape index (κ3) is 5.07. The number of benzene rings is 2. The molecule has 0 aliphatic carbocycles. The number of amides is 1. The molecule has 0 saturated carbocycles. The minimum atomic E-state index is -0.370. The van der Waals surface area contributed by atoms with Crippen LogP contribution in [0.2, 0.25) is 0 Å². The van der Waals surface area contributed by atoms with Crippen LogP contribution in [0.15, 0.2) is 48.5 Å². The Morgan fingerprint density at radius 3 is 2.15 bits per heavy atom. The zero-order valence-corrected chi connectivity index (χ0v) is 16.3. The Bertz CT molecular complexity index is 763. The molecule has 27 heavy (non-hydrogen) atoms. The van der Waals surface area contributed by atoms with E-state index in [9.17, 15) is 9.18 Å². The molecule has 1 saturated heterocycles. The number of hydrogen-bond acceptors (Lipinski definition) is 3. The average molecular weight is 369 g/mol. The quantitative estimate of drug-likeness (QED) is 0.876. The SMILES string of the molecule is CC(=O)NC(C)(C)c1ccc(CN2CCN(c3ccc(F)cc3)CC2)cc1. The minimum absolute atomic E-state index is 0.0249. The maximum atomic E-state index is 13.1. The lowest BCUT2D eigenvalue weighted by atomic mass is 9.93. The zero-order valence-electron chi connectivity index (χ0n) is 16.3. The van der Waals surface area contributed by atoms with Crippen molar-refractivity contribution in [2.24, 2.45) is 0 Å². The molecule has 144 valence electrons. The number of rotatable bonds is 5. The third-order valence-corrected chi connectivity index (χ3v) is 5.13. The molecule has 1 aliphatic heterocycles. The highest BCUT2D eigenvalue weighted by atomic mass is 19.1. The number of piperazine rings is 1. The van der Waals surface area contributed by atoms with Crippen LogP contribution in [-0.4, -0.2) is 37.0 Å². The molecule has 0 aromatic heterocycles. The molecular weight excluding hydrogens is 341 g/mol. The number of hydrogen-bond donors (Lipinski definition) is 1. The Balaban J connectivity index is 1.54. The molecule has 0 bridgehead atoms. The highest BCUT2D eigenvalue weighted by Gasteiger charge is 2.21. The third-order valence-electron chi connectivity index (χ3n) is 5.13. The van der Waals surface area contributed by atoms with E-state index in [1.807, 2.05) is 26.0 Å². The standard InChI is InChI=1S/C22H28FN3O/c1-17(27)24-22(2,3)19-6-4-18(5-7-19)16-25-12-14-26(15-13-25)21-10-8-20(23)9-11-21/h4-11H,12-16H2,1-3H3,(H,24,27). The van der Waals surface area contributed by atoms with E-state index in [1.54, 1.807) is 6.92 Å². The van der Waals surface area contributed by atoms with Crippen LogP contribution in [0, 0.1) is 5.82 Å². The van der Waals surface area contributed by atoms with E-state index >= 15 is 0 Å². The summed E-state index contributed by atoms with van der Waals surface area (Å²) in [4.78, 5) is 16.1. The van der Waals surface area contributed by atoms with Gasteiger partial charge in [0.15, 0.2) is 0 Å². The van der Waals surface area contributed by atoms with Gasteiger partial charge in [-0.05, 0) is 49.2 Å². The molecule has 2 aromatic carbocycles. The van der Waals surface area contributed by atoms with Crippen LogP contribution in [-0.2, 0) is 16.9 Å². The van der Waals surface area contributed by atoms with Crippen molar-refractivity contribution in [3.05, 3.63) is 65.5 Å². The first-order chi connectivity index (χ1) is 12.8. The fourth-order valence-corrected chi connectivity index (χ4v) is 3.61. The zero-order chi connectivity index (χ0) is 19.4. The molecule has 1 N–H and O–H groups in total. The minimum Gasteiger partial charge on any atom is -0.369 e. The lowest BCUT2D eigenvalue weighted by Crippen LogP contribution is -2.46. The van der Waals surface area contributed by atoms with Gasteiger partial charge in [0.1, 0.15) is 5.82 Å². The van der Waals surface area contributed by atoms with E-state index in [0.717, 1.165) is 44.0 Å². The monoisotopic (exact) mass is 369 g/mol. The number of nitrogens with one attached hydrogen (secondary N) is 1. The van der Waals surface area contributed by atoms with Gasteiger partial charge in [0.2, 0.25) is 5.91 Å². The summed E-state index contributed by atoms with van der Waals surface area (Å²) >= 11 is 0. The molecule has 3 rings (SSSR count). The molecular formula is C22H28FN3O. The second-order valence-corrected chi connectivity index (χ2v) is 7.74. The van der Waals surface area contributed by atoms with Crippen molar-refractivity contribution in [1.82, 2.24) is 10.2 Å². The second kappa shape index (κ2) is 8.09. The first kappa shape index (κ1) is 19.4. The smallest absolute Gasteiger partial charge is 0.217 e. The van der Waals surface area contributed by atoms with Crippen LogP contribution in [0.4, 0.5) is 10.1 Å². The fourth-order valence-electron chi connectivity index (χ4n) is 3.61. The van der Waals surface area contributed by atoms with Gasteiger partial charge in [-0.15, -0.1) is 0 Å². The van der Waals surface area contributed by atoms with Crippen LogP contribution in [0.1, 0.15) is 31.9 Å². The lowest BCUT2D eigenvalue weighted by Gasteiger charge is -2.36. The Morgan fingerprint density at radius 1 is 1.00 bits per heavy atom. The van der Waals surface area contributed by atoms with Crippen molar-refractivity contribution in [3.63, 3.8) is 0 Å². The molecule has 0 atom stereocenters. The fraction of sp³-hybridized carbons (Fsp3) is 0.409. The lowest BCUT2D eigenvalue weighted by molar-refractivity contribution is -0.120. The Kier molecular flexibility index (Phi) is 5.80. The molecule has 0 spiro atoms. The first-order valence-electron chi connectivity index (χ1n) is 9.44. The molecule has 4 nitrogen and oxygen atoms in total.